The second kappa shape index (κ2) is 4.67. The molecule has 0 radical (unpaired) electrons. The first kappa shape index (κ1) is 11.8. The summed E-state index contributed by atoms with van der Waals surface area (Å²) in [6.45, 7) is 2.22. The summed E-state index contributed by atoms with van der Waals surface area (Å²) in [7, 11) is 0. The lowest BCUT2D eigenvalue weighted by atomic mass is 9.74. The van der Waals surface area contributed by atoms with Crippen LogP contribution in [-0.2, 0) is 6.42 Å². The quantitative estimate of drug-likeness (QED) is 0.780. The highest BCUT2D eigenvalue weighted by Gasteiger charge is 2.34. The van der Waals surface area contributed by atoms with E-state index in [0.717, 1.165) is 17.7 Å². The van der Waals surface area contributed by atoms with Crippen molar-refractivity contribution in [2.75, 3.05) is 11.1 Å². The van der Waals surface area contributed by atoms with Crippen molar-refractivity contribution in [1.29, 1.82) is 5.26 Å². The molecule has 1 aliphatic rings. The van der Waals surface area contributed by atoms with Crippen molar-refractivity contribution in [3.05, 3.63) is 23.8 Å². The van der Waals surface area contributed by atoms with Gasteiger partial charge in [0.25, 0.3) is 0 Å². The van der Waals surface area contributed by atoms with Gasteiger partial charge in [-0.25, -0.2) is 0 Å². The Balaban J connectivity index is 2.16. The van der Waals surface area contributed by atoms with Gasteiger partial charge in [-0.1, -0.05) is 6.92 Å². The summed E-state index contributed by atoms with van der Waals surface area (Å²) >= 11 is 0. The Morgan fingerprint density at radius 1 is 1.47 bits per heavy atom. The van der Waals surface area contributed by atoms with E-state index in [1.54, 1.807) is 0 Å². The number of anilines is 2. The van der Waals surface area contributed by atoms with Gasteiger partial charge in [0.05, 0.1) is 12.5 Å². The maximum absolute atomic E-state index is 8.75. The predicted molar refractivity (Wildman–Crippen MR) is 70.7 cm³/mol. The van der Waals surface area contributed by atoms with Crippen LogP contribution in [0.2, 0.25) is 0 Å². The molecule has 1 aromatic carbocycles. The predicted octanol–water partition coefficient (Wildman–Crippen LogP) is 3.08. The molecule has 1 fully saturated rings. The van der Waals surface area contributed by atoms with E-state index in [1.807, 2.05) is 18.2 Å². The average molecular weight is 229 g/mol. The third-order valence-electron chi connectivity index (χ3n) is 3.81. The lowest BCUT2D eigenvalue weighted by Crippen LogP contribution is -2.44. The maximum atomic E-state index is 8.75. The first-order chi connectivity index (χ1) is 8.19. The van der Waals surface area contributed by atoms with Crippen LogP contribution in [-0.4, -0.2) is 5.54 Å². The number of nitriles is 1. The topological polar surface area (TPSA) is 61.8 Å². The molecule has 2 rings (SSSR count). The van der Waals surface area contributed by atoms with E-state index >= 15 is 0 Å². The van der Waals surface area contributed by atoms with Crippen LogP contribution in [0.25, 0.3) is 0 Å². The maximum Gasteiger partial charge on any atom is 0.0670 e. The second-order valence-electron chi connectivity index (χ2n) is 4.86. The lowest BCUT2D eigenvalue weighted by Gasteiger charge is -2.43. The van der Waals surface area contributed by atoms with Crippen LogP contribution in [0.15, 0.2) is 18.2 Å². The van der Waals surface area contributed by atoms with Crippen LogP contribution in [0.3, 0.4) is 0 Å². The molecule has 0 bridgehead atoms. The summed E-state index contributed by atoms with van der Waals surface area (Å²) in [5, 5.41) is 12.3. The summed E-state index contributed by atoms with van der Waals surface area (Å²) in [6.07, 6.45) is 5.30. The van der Waals surface area contributed by atoms with E-state index in [9.17, 15) is 0 Å². The molecule has 0 spiro atoms. The number of nitrogen functional groups attached to an aromatic ring is 1. The molecule has 0 atom stereocenters. The van der Waals surface area contributed by atoms with E-state index in [4.69, 9.17) is 11.0 Å². The summed E-state index contributed by atoms with van der Waals surface area (Å²) < 4.78 is 0. The highest BCUT2D eigenvalue weighted by Crippen LogP contribution is 2.38. The van der Waals surface area contributed by atoms with Crippen LogP contribution in [0.4, 0.5) is 11.4 Å². The van der Waals surface area contributed by atoms with Gasteiger partial charge in [-0.15, -0.1) is 0 Å². The van der Waals surface area contributed by atoms with Gasteiger partial charge in [0.15, 0.2) is 0 Å². The van der Waals surface area contributed by atoms with Gasteiger partial charge < -0.3 is 11.1 Å². The number of nitrogens with one attached hydrogen (secondary N) is 1. The van der Waals surface area contributed by atoms with Gasteiger partial charge in [0.2, 0.25) is 0 Å². The highest BCUT2D eigenvalue weighted by atomic mass is 15.0. The fourth-order valence-electron chi connectivity index (χ4n) is 2.40. The van der Waals surface area contributed by atoms with E-state index in [1.165, 1.54) is 19.3 Å². The molecule has 17 heavy (non-hydrogen) atoms. The van der Waals surface area contributed by atoms with Crippen LogP contribution in [0, 0.1) is 11.3 Å². The molecule has 1 aromatic rings. The van der Waals surface area contributed by atoms with Gasteiger partial charge in [0, 0.05) is 16.9 Å². The fraction of sp³-hybridized carbons (Fsp3) is 0.500. The van der Waals surface area contributed by atoms with Crippen LogP contribution < -0.4 is 11.1 Å². The minimum atomic E-state index is 0.278. The lowest BCUT2D eigenvalue weighted by molar-refractivity contribution is 0.269. The SMILES string of the molecule is CCC1(Nc2ccc(N)c(CC#N)c2)CCC1. The standard InChI is InChI=1S/C14H19N3/c1-2-14(7-3-8-14)17-12-4-5-13(16)11(10-12)6-9-15/h4-5,10,17H,2-3,6-8,16H2,1H3. The molecule has 0 aromatic heterocycles. The van der Waals surface area contributed by atoms with Gasteiger partial charge in [0.1, 0.15) is 0 Å². The number of rotatable bonds is 4. The van der Waals surface area contributed by atoms with Crippen molar-refractivity contribution >= 4 is 11.4 Å². The molecular formula is C14H19N3. The van der Waals surface area contributed by atoms with Crippen molar-refractivity contribution in [3.63, 3.8) is 0 Å². The zero-order valence-electron chi connectivity index (χ0n) is 10.3. The molecule has 0 aliphatic heterocycles. The van der Waals surface area contributed by atoms with E-state index < -0.39 is 0 Å². The molecule has 3 heteroatoms. The molecule has 1 aliphatic carbocycles. The van der Waals surface area contributed by atoms with Crippen molar-refractivity contribution in [2.24, 2.45) is 0 Å². The van der Waals surface area contributed by atoms with Gasteiger partial charge >= 0.3 is 0 Å². The number of hydrogen-bond acceptors (Lipinski definition) is 3. The summed E-state index contributed by atoms with van der Waals surface area (Å²) in [4.78, 5) is 0. The molecular weight excluding hydrogens is 210 g/mol. The fourth-order valence-corrected chi connectivity index (χ4v) is 2.40. The van der Waals surface area contributed by atoms with E-state index in [2.05, 4.69) is 18.3 Å². The van der Waals surface area contributed by atoms with Crippen molar-refractivity contribution in [2.45, 2.75) is 44.6 Å². The number of benzene rings is 1. The molecule has 0 heterocycles. The minimum Gasteiger partial charge on any atom is -0.398 e. The molecule has 0 amide bonds. The Morgan fingerprint density at radius 3 is 2.76 bits per heavy atom. The van der Waals surface area contributed by atoms with Gasteiger partial charge in [-0.2, -0.15) is 5.26 Å². The minimum absolute atomic E-state index is 0.278. The Labute approximate surface area is 103 Å². The van der Waals surface area contributed by atoms with Crippen LogP contribution in [0.1, 0.15) is 38.2 Å². The first-order valence-corrected chi connectivity index (χ1v) is 6.23. The largest absolute Gasteiger partial charge is 0.398 e. The molecule has 0 unspecified atom stereocenters. The molecule has 3 nitrogen and oxygen atoms in total. The number of nitrogens with two attached hydrogens (primary N) is 1. The Kier molecular flexibility index (Phi) is 3.23. The van der Waals surface area contributed by atoms with Crippen molar-refractivity contribution < 1.29 is 0 Å². The molecule has 3 N–H and O–H groups in total. The molecule has 90 valence electrons. The molecule has 1 saturated carbocycles. The monoisotopic (exact) mass is 229 g/mol. The second-order valence-corrected chi connectivity index (χ2v) is 4.86. The zero-order chi connectivity index (χ0) is 12.3. The Morgan fingerprint density at radius 2 is 2.24 bits per heavy atom. The van der Waals surface area contributed by atoms with Crippen molar-refractivity contribution in [3.8, 4) is 6.07 Å². The molecule has 0 saturated heterocycles. The van der Waals surface area contributed by atoms with Crippen LogP contribution in [0.5, 0.6) is 0 Å². The Hall–Kier alpha value is -1.69. The average Bonchev–Trinajstić information content (AvgIpc) is 2.28. The van der Waals surface area contributed by atoms with Gasteiger partial charge in [-0.05, 0) is 49.4 Å². The van der Waals surface area contributed by atoms with E-state index in [-0.39, 0.29) is 5.54 Å². The number of hydrogen-bond donors (Lipinski definition) is 2. The third-order valence-corrected chi connectivity index (χ3v) is 3.81. The normalized spacial score (nSPS) is 16.9. The smallest absolute Gasteiger partial charge is 0.0670 e. The van der Waals surface area contributed by atoms with Crippen molar-refractivity contribution in [1.82, 2.24) is 0 Å². The highest BCUT2D eigenvalue weighted by molar-refractivity contribution is 5.59. The third kappa shape index (κ3) is 2.36. The Bertz CT molecular complexity index is 436. The summed E-state index contributed by atoms with van der Waals surface area (Å²) in [6, 6.07) is 8.05. The van der Waals surface area contributed by atoms with Gasteiger partial charge in [-0.3, -0.25) is 0 Å². The van der Waals surface area contributed by atoms with Crippen LogP contribution >= 0.6 is 0 Å². The first-order valence-electron chi connectivity index (χ1n) is 6.23. The zero-order valence-corrected chi connectivity index (χ0v) is 10.3. The summed E-state index contributed by atoms with van der Waals surface area (Å²) in [5.41, 5.74) is 8.83. The summed E-state index contributed by atoms with van der Waals surface area (Å²) in [5.74, 6) is 0. The van der Waals surface area contributed by atoms with E-state index in [0.29, 0.717) is 12.1 Å². The number of nitrogens with zero attached hydrogens (tertiary/aromatic N) is 1.